The van der Waals surface area contributed by atoms with Gasteiger partial charge in [-0.2, -0.15) is 0 Å². The highest BCUT2D eigenvalue weighted by atomic mass is 16.5. The zero-order valence-corrected chi connectivity index (χ0v) is 12.4. The molecule has 2 aromatic rings. The van der Waals surface area contributed by atoms with Gasteiger partial charge in [0.15, 0.2) is 0 Å². The van der Waals surface area contributed by atoms with Gasteiger partial charge >= 0.3 is 5.97 Å². The fourth-order valence-electron chi connectivity index (χ4n) is 2.01. The van der Waals surface area contributed by atoms with E-state index >= 15 is 0 Å². The van der Waals surface area contributed by atoms with Gasteiger partial charge in [-0.1, -0.05) is 29.8 Å². The first-order valence-electron chi connectivity index (χ1n) is 6.68. The van der Waals surface area contributed by atoms with Gasteiger partial charge in [-0.25, -0.2) is 9.78 Å². The van der Waals surface area contributed by atoms with Crippen LogP contribution in [0.15, 0.2) is 36.5 Å². The van der Waals surface area contributed by atoms with E-state index in [0.717, 1.165) is 5.56 Å². The van der Waals surface area contributed by atoms with Gasteiger partial charge in [-0.15, -0.1) is 0 Å². The van der Waals surface area contributed by atoms with Crippen LogP contribution in [0.3, 0.4) is 0 Å². The molecule has 1 aromatic heterocycles. The Balaban J connectivity index is 2.26. The quantitative estimate of drug-likeness (QED) is 0.845. The average molecular weight is 285 g/mol. The zero-order chi connectivity index (χ0) is 15.4. The van der Waals surface area contributed by atoms with Crippen molar-refractivity contribution in [2.45, 2.75) is 19.9 Å². The van der Waals surface area contributed by atoms with Crippen molar-refractivity contribution in [1.82, 2.24) is 4.98 Å². The summed E-state index contributed by atoms with van der Waals surface area (Å²) < 4.78 is 4.76. The Bertz CT molecular complexity index is 638. The summed E-state index contributed by atoms with van der Waals surface area (Å²) in [4.78, 5) is 16.0. The predicted molar refractivity (Wildman–Crippen MR) is 83.2 cm³/mol. The second kappa shape index (κ2) is 6.26. The lowest BCUT2D eigenvalue weighted by atomic mass is 10.1. The van der Waals surface area contributed by atoms with Crippen molar-refractivity contribution in [3.8, 4) is 0 Å². The molecule has 0 amide bonds. The summed E-state index contributed by atoms with van der Waals surface area (Å²) in [5.41, 5.74) is 8.74. The third kappa shape index (κ3) is 3.51. The number of anilines is 2. The van der Waals surface area contributed by atoms with Crippen LogP contribution >= 0.6 is 0 Å². The molecular weight excluding hydrogens is 266 g/mol. The molecule has 0 bridgehead atoms. The van der Waals surface area contributed by atoms with Gasteiger partial charge in [0.25, 0.3) is 0 Å². The molecule has 0 aliphatic rings. The lowest BCUT2D eigenvalue weighted by Crippen LogP contribution is -2.13. The van der Waals surface area contributed by atoms with Crippen LogP contribution in [-0.4, -0.2) is 18.1 Å². The summed E-state index contributed by atoms with van der Waals surface area (Å²) in [6.45, 7) is 4.04. The maximum atomic E-state index is 11.8. The fourth-order valence-corrected chi connectivity index (χ4v) is 2.01. The van der Waals surface area contributed by atoms with E-state index in [9.17, 15) is 4.79 Å². The van der Waals surface area contributed by atoms with Crippen molar-refractivity contribution in [2.24, 2.45) is 0 Å². The molecule has 1 atom stereocenters. The van der Waals surface area contributed by atoms with E-state index < -0.39 is 5.97 Å². The standard InChI is InChI=1S/C16H19N3O2/c1-10-4-6-12(7-5-10)11(2)19-15-14(16(20)21-3)8-13(17)9-18-15/h4-9,11H,17H2,1-3H3,(H,18,19). The summed E-state index contributed by atoms with van der Waals surface area (Å²) >= 11 is 0. The van der Waals surface area contributed by atoms with Crippen LogP contribution in [0.5, 0.6) is 0 Å². The molecule has 0 radical (unpaired) electrons. The molecule has 5 heteroatoms. The number of carbonyl (C=O) groups excluding carboxylic acids is 1. The first kappa shape index (κ1) is 14.8. The Labute approximate surface area is 124 Å². The van der Waals surface area contributed by atoms with Gasteiger partial charge in [0.1, 0.15) is 11.4 Å². The highest BCUT2D eigenvalue weighted by Gasteiger charge is 2.16. The molecule has 2 rings (SSSR count). The van der Waals surface area contributed by atoms with Gasteiger partial charge in [0, 0.05) is 6.04 Å². The number of rotatable bonds is 4. The summed E-state index contributed by atoms with van der Waals surface area (Å²) in [6.07, 6.45) is 1.51. The molecule has 0 saturated carbocycles. The van der Waals surface area contributed by atoms with Crippen molar-refractivity contribution in [1.29, 1.82) is 0 Å². The molecule has 21 heavy (non-hydrogen) atoms. The van der Waals surface area contributed by atoms with E-state index in [-0.39, 0.29) is 6.04 Å². The zero-order valence-electron chi connectivity index (χ0n) is 12.4. The van der Waals surface area contributed by atoms with E-state index in [0.29, 0.717) is 17.1 Å². The average Bonchev–Trinajstić information content (AvgIpc) is 2.48. The topological polar surface area (TPSA) is 77.2 Å². The molecule has 0 saturated heterocycles. The number of nitrogens with zero attached hydrogens (tertiary/aromatic N) is 1. The lowest BCUT2D eigenvalue weighted by Gasteiger charge is -2.17. The number of carbonyl (C=O) groups is 1. The number of aromatic nitrogens is 1. The molecule has 0 aliphatic heterocycles. The van der Waals surface area contributed by atoms with Crippen LogP contribution in [0.2, 0.25) is 0 Å². The van der Waals surface area contributed by atoms with Crippen molar-refractivity contribution in [3.05, 3.63) is 53.2 Å². The molecule has 5 nitrogen and oxygen atoms in total. The van der Waals surface area contributed by atoms with E-state index in [1.807, 2.05) is 38.1 Å². The van der Waals surface area contributed by atoms with Gasteiger partial charge in [0.2, 0.25) is 0 Å². The number of hydrogen-bond acceptors (Lipinski definition) is 5. The Hall–Kier alpha value is -2.56. The number of nitrogens with two attached hydrogens (primary N) is 1. The summed E-state index contributed by atoms with van der Waals surface area (Å²) in [5.74, 6) is -0.00229. The second-order valence-electron chi connectivity index (χ2n) is 4.93. The van der Waals surface area contributed by atoms with Crippen molar-refractivity contribution in [2.75, 3.05) is 18.2 Å². The van der Waals surface area contributed by atoms with Crippen LogP contribution in [0, 0.1) is 6.92 Å². The van der Waals surface area contributed by atoms with Crippen molar-refractivity contribution >= 4 is 17.5 Å². The van der Waals surface area contributed by atoms with E-state index in [1.165, 1.54) is 18.9 Å². The van der Waals surface area contributed by atoms with E-state index in [1.54, 1.807) is 6.07 Å². The molecule has 1 aromatic carbocycles. The number of esters is 1. The van der Waals surface area contributed by atoms with E-state index in [2.05, 4.69) is 10.3 Å². The van der Waals surface area contributed by atoms with Crippen LogP contribution in [-0.2, 0) is 4.74 Å². The highest BCUT2D eigenvalue weighted by molar-refractivity contribution is 5.95. The second-order valence-corrected chi connectivity index (χ2v) is 4.93. The Kier molecular flexibility index (Phi) is 4.42. The molecule has 3 N–H and O–H groups in total. The van der Waals surface area contributed by atoms with Gasteiger partial charge < -0.3 is 15.8 Å². The van der Waals surface area contributed by atoms with Crippen LogP contribution < -0.4 is 11.1 Å². The van der Waals surface area contributed by atoms with Crippen LogP contribution in [0.25, 0.3) is 0 Å². The number of ether oxygens (including phenoxy) is 1. The van der Waals surface area contributed by atoms with Gasteiger partial charge in [-0.05, 0) is 25.5 Å². The van der Waals surface area contributed by atoms with E-state index in [4.69, 9.17) is 10.5 Å². The first-order chi connectivity index (χ1) is 10.0. The van der Waals surface area contributed by atoms with Crippen LogP contribution in [0.4, 0.5) is 11.5 Å². The minimum atomic E-state index is -0.464. The first-order valence-corrected chi connectivity index (χ1v) is 6.68. The minimum absolute atomic E-state index is 0.00475. The molecule has 0 aliphatic carbocycles. The van der Waals surface area contributed by atoms with Gasteiger partial charge in [-0.3, -0.25) is 0 Å². The fraction of sp³-hybridized carbons (Fsp3) is 0.250. The lowest BCUT2D eigenvalue weighted by molar-refractivity contribution is 0.0601. The Morgan fingerprint density at radius 2 is 2.00 bits per heavy atom. The molecule has 1 heterocycles. The molecule has 0 spiro atoms. The SMILES string of the molecule is COC(=O)c1cc(N)cnc1NC(C)c1ccc(C)cc1. The van der Waals surface area contributed by atoms with Gasteiger partial charge in [0.05, 0.1) is 19.0 Å². The van der Waals surface area contributed by atoms with Crippen molar-refractivity contribution in [3.63, 3.8) is 0 Å². The largest absolute Gasteiger partial charge is 0.465 e. The molecule has 110 valence electrons. The minimum Gasteiger partial charge on any atom is -0.465 e. The predicted octanol–water partition coefficient (Wildman–Crippen LogP) is 2.93. The number of hydrogen-bond donors (Lipinski definition) is 2. The maximum Gasteiger partial charge on any atom is 0.341 e. The number of pyridine rings is 1. The van der Waals surface area contributed by atoms with Crippen LogP contribution in [0.1, 0.15) is 34.5 Å². The summed E-state index contributed by atoms with van der Waals surface area (Å²) in [6, 6.07) is 9.74. The molecule has 1 unspecified atom stereocenters. The molecular formula is C16H19N3O2. The number of nitrogen functional groups attached to an aromatic ring is 1. The number of aryl methyl sites for hydroxylation is 1. The number of methoxy groups -OCH3 is 1. The highest BCUT2D eigenvalue weighted by Crippen LogP contribution is 2.23. The normalized spacial score (nSPS) is 11.8. The maximum absolute atomic E-state index is 11.8. The van der Waals surface area contributed by atoms with Crippen molar-refractivity contribution < 1.29 is 9.53 Å². The number of nitrogens with one attached hydrogen (secondary N) is 1. The number of benzene rings is 1. The third-order valence-electron chi connectivity index (χ3n) is 3.24. The molecule has 0 fully saturated rings. The monoisotopic (exact) mass is 285 g/mol. The smallest absolute Gasteiger partial charge is 0.341 e. The Morgan fingerprint density at radius 3 is 2.62 bits per heavy atom. The summed E-state index contributed by atoms with van der Waals surface area (Å²) in [7, 11) is 1.33. The summed E-state index contributed by atoms with van der Waals surface area (Å²) in [5, 5.41) is 3.22. The third-order valence-corrected chi connectivity index (χ3v) is 3.24. The Morgan fingerprint density at radius 1 is 1.33 bits per heavy atom.